The fourth-order valence-electron chi connectivity index (χ4n) is 3.85. The van der Waals surface area contributed by atoms with Crippen LogP contribution in [0.3, 0.4) is 0 Å². The van der Waals surface area contributed by atoms with E-state index >= 15 is 0 Å². The van der Waals surface area contributed by atoms with Crippen LogP contribution in [0.25, 0.3) is 11.3 Å². The molecule has 0 radical (unpaired) electrons. The van der Waals surface area contributed by atoms with E-state index in [2.05, 4.69) is 62.8 Å². The summed E-state index contributed by atoms with van der Waals surface area (Å²) >= 11 is 1.59. The molecular weight excluding hydrogens is 406 g/mol. The summed E-state index contributed by atoms with van der Waals surface area (Å²) in [6.07, 6.45) is 3.36. The Morgan fingerprint density at radius 1 is 1.06 bits per heavy atom. The van der Waals surface area contributed by atoms with Gasteiger partial charge in [-0.1, -0.05) is 57.0 Å². The van der Waals surface area contributed by atoms with Crippen LogP contribution >= 0.6 is 11.3 Å². The Bertz CT molecular complexity index is 1110. The van der Waals surface area contributed by atoms with Gasteiger partial charge in [-0.3, -0.25) is 10.1 Å². The standard InChI is InChI=1S/C25H31N3O2S/c1-17(2)9-6-12-20(5)27-23(21-13-8-14-22(15-21)28(29)30)16-31-25(27)26-24-18(3)10-7-11-19(24)4/h7-8,10-11,13-17,20H,6,9,12H2,1-5H3. The zero-order valence-corrected chi connectivity index (χ0v) is 19.8. The lowest BCUT2D eigenvalue weighted by Gasteiger charge is -2.18. The van der Waals surface area contributed by atoms with Crippen molar-refractivity contribution in [3.8, 4) is 11.3 Å². The van der Waals surface area contributed by atoms with E-state index in [0.717, 1.165) is 45.7 Å². The van der Waals surface area contributed by atoms with Crippen LogP contribution in [0.2, 0.25) is 0 Å². The summed E-state index contributed by atoms with van der Waals surface area (Å²) in [4.78, 5) is 17.0. The first-order valence-corrected chi connectivity index (χ1v) is 11.7. The monoisotopic (exact) mass is 437 g/mol. The number of nitro benzene ring substituents is 1. The number of aryl methyl sites for hydroxylation is 2. The molecule has 3 aromatic rings. The fraction of sp³-hybridized carbons (Fsp3) is 0.400. The summed E-state index contributed by atoms with van der Waals surface area (Å²) in [6.45, 7) is 10.9. The summed E-state index contributed by atoms with van der Waals surface area (Å²) < 4.78 is 2.26. The van der Waals surface area contributed by atoms with Gasteiger partial charge >= 0.3 is 0 Å². The van der Waals surface area contributed by atoms with Gasteiger partial charge in [0.2, 0.25) is 0 Å². The number of non-ortho nitro benzene ring substituents is 1. The number of hydrogen-bond acceptors (Lipinski definition) is 4. The first-order chi connectivity index (χ1) is 14.8. The number of thiazole rings is 1. The van der Waals surface area contributed by atoms with Gasteiger partial charge in [0.25, 0.3) is 5.69 Å². The maximum atomic E-state index is 11.3. The van der Waals surface area contributed by atoms with Crippen LogP contribution in [0.4, 0.5) is 11.4 Å². The predicted molar refractivity (Wildman–Crippen MR) is 129 cm³/mol. The normalized spacial score (nSPS) is 13.0. The Morgan fingerprint density at radius 3 is 2.39 bits per heavy atom. The van der Waals surface area contributed by atoms with Crippen LogP contribution in [-0.4, -0.2) is 9.49 Å². The van der Waals surface area contributed by atoms with Gasteiger partial charge in [-0.2, -0.15) is 0 Å². The van der Waals surface area contributed by atoms with Gasteiger partial charge in [0.1, 0.15) is 0 Å². The van der Waals surface area contributed by atoms with Crippen molar-refractivity contribution in [2.75, 3.05) is 0 Å². The molecule has 0 bridgehead atoms. The minimum Gasteiger partial charge on any atom is -0.314 e. The number of para-hydroxylation sites is 1. The van der Waals surface area contributed by atoms with Crippen molar-refractivity contribution in [2.24, 2.45) is 10.9 Å². The van der Waals surface area contributed by atoms with Crippen LogP contribution < -0.4 is 4.80 Å². The Hall–Kier alpha value is -2.73. The molecule has 1 unspecified atom stereocenters. The number of nitrogens with zero attached hydrogens (tertiary/aromatic N) is 3. The minimum atomic E-state index is -0.339. The first-order valence-electron chi connectivity index (χ1n) is 10.8. The zero-order valence-electron chi connectivity index (χ0n) is 19.0. The van der Waals surface area contributed by atoms with Crippen LogP contribution in [0.15, 0.2) is 52.8 Å². The molecule has 1 atom stereocenters. The van der Waals surface area contributed by atoms with E-state index in [9.17, 15) is 10.1 Å². The van der Waals surface area contributed by atoms with Gasteiger partial charge in [-0.15, -0.1) is 11.3 Å². The van der Waals surface area contributed by atoms with Crippen molar-refractivity contribution in [3.63, 3.8) is 0 Å². The lowest BCUT2D eigenvalue weighted by molar-refractivity contribution is -0.384. The van der Waals surface area contributed by atoms with Crippen LogP contribution in [-0.2, 0) is 0 Å². The Kier molecular flexibility index (Phi) is 7.44. The Labute approximate surface area is 188 Å². The highest BCUT2D eigenvalue weighted by atomic mass is 32.1. The van der Waals surface area contributed by atoms with Crippen molar-refractivity contribution in [1.82, 2.24) is 4.57 Å². The molecule has 0 amide bonds. The van der Waals surface area contributed by atoms with E-state index in [1.807, 2.05) is 6.07 Å². The lowest BCUT2D eigenvalue weighted by Crippen LogP contribution is -2.20. The third-order valence-corrected chi connectivity index (χ3v) is 6.43. The van der Waals surface area contributed by atoms with Crippen molar-refractivity contribution >= 4 is 22.7 Å². The second-order valence-electron chi connectivity index (χ2n) is 8.61. The molecule has 0 saturated carbocycles. The molecule has 6 heteroatoms. The molecule has 0 N–H and O–H groups in total. The first kappa shape index (κ1) is 22.9. The van der Waals surface area contributed by atoms with Gasteiger partial charge in [0, 0.05) is 29.1 Å². The maximum Gasteiger partial charge on any atom is 0.270 e. The molecule has 2 aromatic carbocycles. The van der Waals surface area contributed by atoms with Gasteiger partial charge in [0.05, 0.1) is 16.3 Å². The molecule has 0 aliphatic carbocycles. The van der Waals surface area contributed by atoms with E-state index in [1.54, 1.807) is 23.5 Å². The fourth-order valence-corrected chi connectivity index (χ4v) is 4.85. The van der Waals surface area contributed by atoms with Crippen molar-refractivity contribution in [3.05, 3.63) is 73.9 Å². The molecular formula is C25H31N3O2S. The number of benzene rings is 2. The van der Waals surface area contributed by atoms with E-state index in [-0.39, 0.29) is 16.7 Å². The predicted octanol–water partition coefficient (Wildman–Crippen LogP) is 7.36. The zero-order chi connectivity index (χ0) is 22.5. The topological polar surface area (TPSA) is 60.4 Å². The number of nitro groups is 1. The molecule has 0 fully saturated rings. The quantitative estimate of drug-likeness (QED) is 0.273. The highest BCUT2D eigenvalue weighted by Crippen LogP contribution is 2.29. The van der Waals surface area contributed by atoms with E-state index < -0.39 is 0 Å². The Morgan fingerprint density at radius 2 is 1.74 bits per heavy atom. The van der Waals surface area contributed by atoms with Crippen molar-refractivity contribution < 1.29 is 4.92 Å². The smallest absolute Gasteiger partial charge is 0.270 e. The third-order valence-electron chi connectivity index (χ3n) is 5.59. The summed E-state index contributed by atoms with van der Waals surface area (Å²) in [5.41, 5.74) is 5.22. The molecule has 1 heterocycles. The van der Waals surface area contributed by atoms with Gasteiger partial charge < -0.3 is 4.57 Å². The summed E-state index contributed by atoms with van der Waals surface area (Å²) in [7, 11) is 0. The van der Waals surface area contributed by atoms with E-state index in [4.69, 9.17) is 4.99 Å². The van der Waals surface area contributed by atoms with E-state index in [1.165, 1.54) is 12.5 Å². The average Bonchev–Trinajstić information content (AvgIpc) is 3.14. The average molecular weight is 438 g/mol. The van der Waals surface area contributed by atoms with Gasteiger partial charge in [-0.25, -0.2) is 4.99 Å². The minimum absolute atomic E-state index is 0.107. The number of rotatable bonds is 8. The maximum absolute atomic E-state index is 11.3. The largest absolute Gasteiger partial charge is 0.314 e. The molecule has 1 aromatic heterocycles. The molecule has 0 spiro atoms. The van der Waals surface area contributed by atoms with Crippen LogP contribution in [0.1, 0.15) is 57.2 Å². The summed E-state index contributed by atoms with van der Waals surface area (Å²) in [5.74, 6) is 0.676. The van der Waals surface area contributed by atoms with E-state index in [0.29, 0.717) is 5.92 Å². The molecule has 164 valence electrons. The molecule has 0 aliphatic heterocycles. The Balaban J connectivity index is 2.13. The van der Waals surface area contributed by atoms with Crippen molar-refractivity contribution in [2.45, 2.75) is 59.9 Å². The highest BCUT2D eigenvalue weighted by molar-refractivity contribution is 7.07. The van der Waals surface area contributed by atoms with Crippen LogP contribution in [0.5, 0.6) is 0 Å². The molecule has 5 nitrogen and oxygen atoms in total. The second kappa shape index (κ2) is 10.1. The summed E-state index contributed by atoms with van der Waals surface area (Å²) in [6, 6.07) is 13.3. The molecule has 3 rings (SSSR count). The molecule has 31 heavy (non-hydrogen) atoms. The second-order valence-corrected chi connectivity index (χ2v) is 9.44. The lowest BCUT2D eigenvalue weighted by atomic mass is 10.0. The van der Waals surface area contributed by atoms with Crippen LogP contribution in [0, 0.1) is 29.9 Å². The SMILES string of the molecule is Cc1cccc(C)c1N=c1scc(-c2cccc([N+](=O)[O-])c2)n1C(C)CCCC(C)C. The third kappa shape index (κ3) is 5.50. The molecule has 0 saturated heterocycles. The number of aromatic nitrogens is 1. The highest BCUT2D eigenvalue weighted by Gasteiger charge is 2.17. The van der Waals surface area contributed by atoms with Gasteiger partial charge in [-0.05, 0) is 44.2 Å². The molecule has 0 aliphatic rings. The van der Waals surface area contributed by atoms with Gasteiger partial charge in [0.15, 0.2) is 4.80 Å². The number of hydrogen-bond donors (Lipinski definition) is 0. The van der Waals surface area contributed by atoms with Crippen molar-refractivity contribution in [1.29, 1.82) is 0 Å². The summed E-state index contributed by atoms with van der Waals surface area (Å²) in [5, 5.41) is 13.4.